The molecule has 0 radical (unpaired) electrons. The molecule has 4 rings (SSSR count). The van der Waals surface area contributed by atoms with Gasteiger partial charge >= 0.3 is 0 Å². The van der Waals surface area contributed by atoms with Gasteiger partial charge in [0.2, 0.25) is 6.79 Å². The molecule has 2 aromatic carbocycles. The number of aromatic nitrogens is 3. The van der Waals surface area contributed by atoms with Gasteiger partial charge in [0.25, 0.3) is 0 Å². The van der Waals surface area contributed by atoms with Crippen LogP contribution in [0.2, 0.25) is 0 Å². The average Bonchev–Trinajstić information content (AvgIpc) is 3.38. The van der Waals surface area contributed by atoms with E-state index < -0.39 is 0 Å². The molecule has 1 unspecified atom stereocenters. The molecule has 0 saturated heterocycles. The zero-order chi connectivity index (χ0) is 21.6. The summed E-state index contributed by atoms with van der Waals surface area (Å²) in [6, 6.07) is 16.5. The van der Waals surface area contributed by atoms with Gasteiger partial charge in [-0.1, -0.05) is 36.4 Å². The summed E-state index contributed by atoms with van der Waals surface area (Å²) < 4.78 is 12.8. The Morgan fingerprint density at radius 2 is 1.91 bits per heavy atom. The highest BCUT2D eigenvalue weighted by Gasteiger charge is 2.13. The van der Waals surface area contributed by atoms with Crippen molar-refractivity contribution >= 4 is 29.9 Å². The van der Waals surface area contributed by atoms with E-state index in [9.17, 15) is 0 Å². The van der Waals surface area contributed by atoms with Crippen molar-refractivity contribution in [1.29, 1.82) is 0 Å². The van der Waals surface area contributed by atoms with Gasteiger partial charge in [0.05, 0.1) is 6.04 Å². The largest absolute Gasteiger partial charge is 0.454 e. The molecule has 170 valence electrons. The molecule has 2 N–H and O–H groups in total. The van der Waals surface area contributed by atoms with Crippen LogP contribution in [0, 0.1) is 6.92 Å². The van der Waals surface area contributed by atoms with Crippen molar-refractivity contribution in [2.45, 2.75) is 32.9 Å². The molecular weight excluding hydrogens is 519 g/mol. The van der Waals surface area contributed by atoms with Crippen LogP contribution >= 0.6 is 24.0 Å². The predicted molar refractivity (Wildman–Crippen MR) is 135 cm³/mol. The van der Waals surface area contributed by atoms with Gasteiger partial charge in [-0.3, -0.25) is 0 Å². The maximum Gasteiger partial charge on any atom is 0.231 e. The van der Waals surface area contributed by atoms with Crippen LogP contribution in [0.5, 0.6) is 11.5 Å². The van der Waals surface area contributed by atoms with E-state index in [1.807, 2.05) is 48.9 Å². The highest BCUT2D eigenvalue weighted by atomic mass is 127. The Bertz CT molecular complexity index is 1050. The van der Waals surface area contributed by atoms with Crippen molar-refractivity contribution in [2.75, 3.05) is 13.3 Å². The molecule has 9 heteroatoms. The van der Waals surface area contributed by atoms with Gasteiger partial charge in [-0.25, -0.2) is 4.99 Å². The molecule has 8 nitrogen and oxygen atoms in total. The van der Waals surface area contributed by atoms with Gasteiger partial charge in [0.15, 0.2) is 23.3 Å². The fourth-order valence-electron chi connectivity index (χ4n) is 3.34. The number of aryl methyl sites for hydroxylation is 1. The Morgan fingerprint density at radius 3 is 2.66 bits per heavy atom. The van der Waals surface area contributed by atoms with Crippen LogP contribution < -0.4 is 20.1 Å². The van der Waals surface area contributed by atoms with E-state index in [1.54, 1.807) is 0 Å². The van der Waals surface area contributed by atoms with Crippen molar-refractivity contribution in [3.05, 3.63) is 71.3 Å². The fraction of sp³-hybridized carbons (Fsp3) is 0.348. The number of aliphatic imine (C=N–C) groups is 1. The minimum atomic E-state index is 0. The lowest BCUT2D eigenvalue weighted by Gasteiger charge is -2.19. The number of guanidine groups is 1. The van der Waals surface area contributed by atoms with E-state index in [4.69, 9.17) is 14.5 Å². The second-order valence-electron chi connectivity index (χ2n) is 7.53. The molecule has 0 aliphatic carbocycles. The molecule has 2 heterocycles. The first-order valence-electron chi connectivity index (χ1n) is 10.4. The topological polar surface area (TPSA) is 85.6 Å². The molecular formula is C23H29IN6O2. The molecule has 0 fully saturated rings. The number of rotatable bonds is 7. The van der Waals surface area contributed by atoms with Gasteiger partial charge in [-0.05, 0) is 43.5 Å². The third-order valence-electron chi connectivity index (χ3n) is 5.36. The zero-order valence-corrected chi connectivity index (χ0v) is 20.9. The molecule has 1 atom stereocenters. The van der Waals surface area contributed by atoms with Crippen molar-refractivity contribution in [1.82, 2.24) is 25.4 Å². The molecule has 32 heavy (non-hydrogen) atoms. The monoisotopic (exact) mass is 548 g/mol. The summed E-state index contributed by atoms with van der Waals surface area (Å²) in [5.74, 6) is 4.03. The smallest absolute Gasteiger partial charge is 0.231 e. The van der Waals surface area contributed by atoms with Crippen LogP contribution in [0.15, 0.2) is 53.5 Å². The summed E-state index contributed by atoms with van der Waals surface area (Å²) in [5, 5.41) is 15.3. The molecule has 1 aliphatic rings. The summed E-state index contributed by atoms with van der Waals surface area (Å²) in [6.07, 6.45) is 0.833. The molecule has 0 bridgehead atoms. The standard InChI is InChI=1S/C23H28N6O2.HI/c1-16(19-7-5-4-6-8-19)26-23(25-14-22-28-27-17(2)29(22)3)24-12-11-18-9-10-20-21(13-18)31-15-30-20;/h4-10,13,16H,11-12,14-15H2,1-3H3,(H2,24,25,26);1H. The van der Waals surface area contributed by atoms with E-state index in [0.717, 1.165) is 42.1 Å². The average molecular weight is 548 g/mol. The van der Waals surface area contributed by atoms with Crippen LogP contribution in [-0.2, 0) is 20.0 Å². The van der Waals surface area contributed by atoms with Gasteiger partial charge in [-0.2, -0.15) is 0 Å². The van der Waals surface area contributed by atoms with E-state index in [-0.39, 0.29) is 36.8 Å². The molecule has 0 saturated carbocycles. The first kappa shape index (κ1) is 23.8. The van der Waals surface area contributed by atoms with Crippen molar-refractivity contribution < 1.29 is 9.47 Å². The Labute approximate surface area is 205 Å². The Balaban J connectivity index is 0.00000289. The first-order chi connectivity index (χ1) is 15.1. The number of hydrogen-bond acceptors (Lipinski definition) is 5. The molecule has 3 aromatic rings. The molecule has 0 spiro atoms. The highest BCUT2D eigenvalue weighted by Crippen LogP contribution is 2.32. The van der Waals surface area contributed by atoms with Crippen LogP contribution in [0.4, 0.5) is 0 Å². The number of ether oxygens (including phenoxy) is 2. The number of hydrogen-bond donors (Lipinski definition) is 2. The third-order valence-corrected chi connectivity index (χ3v) is 5.36. The summed E-state index contributed by atoms with van der Waals surface area (Å²) in [4.78, 5) is 4.75. The predicted octanol–water partition coefficient (Wildman–Crippen LogP) is 3.51. The maximum atomic E-state index is 5.47. The normalized spacial score (nSPS) is 13.4. The molecule has 1 aromatic heterocycles. The molecule has 0 amide bonds. The second-order valence-corrected chi connectivity index (χ2v) is 7.53. The Morgan fingerprint density at radius 1 is 1.12 bits per heavy atom. The van der Waals surface area contributed by atoms with E-state index in [1.165, 1.54) is 11.1 Å². The Kier molecular flexibility index (Phi) is 8.32. The van der Waals surface area contributed by atoms with Crippen LogP contribution in [0.1, 0.15) is 35.7 Å². The van der Waals surface area contributed by atoms with E-state index >= 15 is 0 Å². The summed E-state index contributed by atoms with van der Waals surface area (Å²) in [6.45, 7) is 5.51. The van der Waals surface area contributed by atoms with Gasteiger partial charge in [0, 0.05) is 13.6 Å². The zero-order valence-electron chi connectivity index (χ0n) is 18.5. The quantitative estimate of drug-likeness (QED) is 0.267. The lowest BCUT2D eigenvalue weighted by atomic mass is 10.1. The first-order valence-corrected chi connectivity index (χ1v) is 10.4. The number of benzene rings is 2. The summed E-state index contributed by atoms with van der Waals surface area (Å²) in [7, 11) is 1.95. The van der Waals surface area contributed by atoms with Gasteiger partial charge in [-0.15, -0.1) is 34.2 Å². The van der Waals surface area contributed by atoms with Gasteiger partial charge < -0.3 is 24.7 Å². The number of nitrogens with one attached hydrogen (secondary N) is 2. The maximum absolute atomic E-state index is 5.47. The van der Waals surface area contributed by atoms with Crippen molar-refractivity contribution in [3.63, 3.8) is 0 Å². The van der Waals surface area contributed by atoms with Crippen LogP contribution in [0.25, 0.3) is 0 Å². The minimum Gasteiger partial charge on any atom is -0.454 e. The van der Waals surface area contributed by atoms with E-state index in [2.05, 4.69) is 46.0 Å². The van der Waals surface area contributed by atoms with Gasteiger partial charge in [0.1, 0.15) is 12.4 Å². The lowest BCUT2D eigenvalue weighted by molar-refractivity contribution is 0.174. The lowest BCUT2D eigenvalue weighted by Crippen LogP contribution is -2.39. The third kappa shape index (κ3) is 5.90. The van der Waals surface area contributed by atoms with Crippen LogP contribution in [0.3, 0.4) is 0 Å². The second kappa shape index (κ2) is 11.2. The summed E-state index contributed by atoms with van der Waals surface area (Å²) in [5.41, 5.74) is 2.37. The number of nitrogens with zero attached hydrogens (tertiary/aromatic N) is 4. The van der Waals surface area contributed by atoms with Crippen LogP contribution in [-0.4, -0.2) is 34.1 Å². The number of fused-ring (bicyclic) bond motifs is 1. The minimum absolute atomic E-state index is 0. The highest BCUT2D eigenvalue weighted by molar-refractivity contribution is 14.0. The fourth-order valence-corrected chi connectivity index (χ4v) is 3.34. The number of halogens is 1. The molecule has 1 aliphatic heterocycles. The van der Waals surface area contributed by atoms with E-state index in [0.29, 0.717) is 6.54 Å². The summed E-state index contributed by atoms with van der Waals surface area (Å²) >= 11 is 0. The Hall–Kier alpha value is -2.82. The van der Waals surface area contributed by atoms with Crippen molar-refractivity contribution in [2.24, 2.45) is 12.0 Å². The van der Waals surface area contributed by atoms with Crippen molar-refractivity contribution in [3.8, 4) is 11.5 Å². The SMILES string of the molecule is Cc1nnc(CN=C(NCCc2ccc3c(c2)OCO3)NC(C)c2ccccc2)n1C.I.